The SMILES string of the molecule is CC(C)C1=N[C@H]2CC[C@]34C[C@@]35C(=O)C[C@]3(C)[C@@H]([C@H](C)N(C)CCCc6ccccc6)[C@H](O)C[C@@]3(C)[C@@H]5CC[C@H]4[C@]2(C)CS1. The lowest BCUT2D eigenvalue weighted by atomic mass is 9.41. The molecule has 5 fully saturated rings. The van der Waals surface area contributed by atoms with Crippen LogP contribution in [-0.2, 0) is 11.2 Å². The smallest absolute Gasteiger partial charge is 0.140 e. The summed E-state index contributed by atoms with van der Waals surface area (Å²) >= 11 is 2.01. The van der Waals surface area contributed by atoms with Crippen molar-refractivity contribution in [3.8, 4) is 0 Å². The molecule has 0 bridgehead atoms. The number of thioether (sulfide) groups is 1. The fraction of sp³-hybridized carbons (Fsp3) is 0.789. The summed E-state index contributed by atoms with van der Waals surface area (Å²) in [6.45, 7) is 15.4. The van der Waals surface area contributed by atoms with Gasteiger partial charge in [-0.15, -0.1) is 11.8 Å². The van der Waals surface area contributed by atoms with Crippen LogP contribution in [0, 0.1) is 50.7 Å². The third-order valence-corrected chi connectivity index (χ3v) is 16.6. The van der Waals surface area contributed by atoms with E-state index in [1.807, 2.05) is 11.8 Å². The van der Waals surface area contributed by atoms with E-state index in [9.17, 15) is 9.90 Å². The molecule has 5 saturated carbocycles. The van der Waals surface area contributed by atoms with Crippen LogP contribution in [-0.4, -0.2) is 58.4 Å². The zero-order valence-electron chi connectivity index (χ0n) is 27.9. The third kappa shape index (κ3) is 4.01. The number of aliphatic imine (C=N–C) groups is 1. The van der Waals surface area contributed by atoms with E-state index in [0.717, 1.165) is 45.1 Å². The summed E-state index contributed by atoms with van der Waals surface area (Å²) in [6.07, 6.45) is 9.19. The number of aliphatic hydroxyl groups is 1. The lowest BCUT2D eigenvalue weighted by molar-refractivity contribution is -0.169. The predicted octanol–water partition coefficient (Wildman–Crippen LogP) is 7.68. The summed E-state index contributed by atoms with van der Waals surface area (Å²) in [5.41, 5.74) is 1.46. The van der Waals surface area contributed by atoms with Gasteiger partial charge in [-0.05, 0) is 106 Å². The number of benzene rings is 1. The number of nitrogens with zero attached hydrogens (tertiary/aromatic N) is 2. The monoisotopic (exact) mass is 604 g/mol. The number of aliphatic hydroxyl groups excluding tert-OH is 1. The minimum Gasteiger partial charge on any atom is -0.393 e. The van der Waals surface area contributed by atoms with Crippen LogP contribution in [0.2, 0.25) is 0 Å². The first-order valence-corrected chi connectivity index (χ1v) is 18.5. The zero-order chi connectivity index (χ0) is 30.6. The quantitative estimate of drug-likeness (QED) is 0.347. The summed E-state index contributed by atoms with van der Waals surface area (Å²) in [4.78, 5) is 22.6. The van der Waals surface area contributed by atoms with Gasteiger partial charge in [0.15, 0.2) is 0 Å². The Hall–Kier alpha value is -1.17. The lowest BCUT2D eigenvalue weighted by Crippen LogP contribution is -2.62. The molecule has 5 heteroatoms. The number of carbonyl (C=O) groups excluding carboxylic acids is 1. The molecule has 0 unspecified atom stereocenters. The van der Waals surface area contributed by atoms with Crippen LogP contribution >= 0.6 is 11.8 Å². The third-order valence-electron chi connectivity index (χ3n) is 15.0. The van der Waals surface area contributed by atoms with Crippen molar-refractivity contribution in [1.82, 2.24) is 4.90 Å². The molecule has 1 heterocycles. The fourth-order valence-electron chi connectivity index (χ4n) is 12.7. The van der Waals surface area contributed by atoms with Crippen LogP contribution in [0.5, 0.6) is 0 Å². The van der Waals surface area contributed by atoms with E-state index < -0.39 is 0 Å². The first kappa shape index (κ1) is 30.5. The number of rotatable bonds is 7. The van der Waals surface area contributed by atoms with Crippen LogP contribution in [0.4, 0.5) is 0 Å². The van der Waals surface area contributed by atoms with Crippen molar-refractivity contribution in [2.45, 2.75) is 118 Å². The fourth-order valence-corrected chi connectivity index (χ4v) is 14.0. The van der Waals surface area contributed by atoms with Gasteiger partial charge in [-0.2, -0.15) is 0 Å². The van der Waals surface area contributed by atoms with Crippen molar-refractivity contribution in [3.05, 3.63) is 35.9 Å². The summed E-state index contributed by atoms with van der Waals surface area (Å²) < 4.78 is 0. The summed E-state index contributed by atoms with van der Waals surface area (Å²) in [7, 11) is 2.24. The lowest BCUT2D eigenvalue weighted by Gasteiger charge is -2.63. The molecule has 1 N–H and O–H groups in total. The number of ketones is 1. The van der Waals surface area contributed by atoms with Gasteiger partial charge in [-0.25, -0.2) is 0 Å². The molecule has 0 saturated heterocycles. The molecular weight excluding hydrogens is 548 g/mol. The van der Waals surface area contributed by atoms with Gasteiger partial charge in [0.25, 0.3) is 0 Å². The number of Topliss-reactive ketones (excluding diaryl/α,β-unsaturated/α-hetero) is 1. The molecule has 1 aromatic rings. The Balaban J connectivity index is 1.13. The van der Waals surface area contributed by atoms with E-state index >= 15 is 0 Å². The molecule has 2 spiro atoms. The average molecular weight is 605 g/mol. The molecule has 236 valence electrons. The molecule has 6 aliphatic rings. The highest BCUT2D eigenvalue weighted by Gasteiger charge is 2.86. The van der Waals surface area contributed by atoms with Crippen LogP contribution in [0.1, 0.15) is 98.5 Å². The van der Waals surface area contributed by atoms with Crippen molar-refractivity contribution >= 4 is 22.6 Å². The van der Waals surface area contributed by atoms with E-state index in [4.69, 9.17) is 4.99 Å². The van der Waals surface area contributed by atoms with Gasteiger partial charge in [0.2, 0.25) is 0 Å². The van der Waals surface area contributed by atoms with Gasteiger partial charge in [0.1, 0.15) is 5.78 Å². The Kier molecular flexibility index (Phi) is 7.21. The van der Waals surface area contributed by atoms with Gasteiger partial charge in [-0.3, -0.25) is 9.79 Å². The van der Waals surface area contributed by atoms with Crippen molar-refractivity contribution in [3.63, 3.8) is 0 Å². The minimum absolute atomic E-state index is 0.000630. The number of hydrogen-bond acceptors (Lipinski definition) is 5. The van der Waals surface area contributed by atoms with E-state index in [2.05, 4.69) is 83.8 Å². The molecule has 1 aliphatic heterocycles. The maximum absolute atomic E-state index is 14.8. The summed E-state index contributed by atoms with van der Waals surface area (Å²) in [5, 5.41) is 13.2. The van der Waals surface area contributed by atoms with Crippen LogP contribution < -0.4 is 0 Å². The van der Waals surface area contributed by atoms with Crippen molar-refractivity contribution in [1.29, 1.82) is 0 Å². The maximum Gasteiger partial charge on any atom is 0.140 e. The highest BCUT2D eigenvalue weighted by Crippen LogP contribution is 2.88. The van der Waals surface area contributed by atoms with Gasteiger partial charge in [0, 0.05) is 40.9 Å². The number of carbonyl (C=O) groups is 1. The number of hydrogen-bond donors (Lipinski definition) is 1. The van der Waals surface area contributed by atoms with E-state index in [1.165, 1.54) is 29.2 Å². The van der Waals surface area contributed by atoms with Crippen LogP contribution in [0.3, 0.4) is 0 Å². The molecule has 1 aromatic carbocycles. The van der Waals surface area contributed by atoms with Gasteiger partial charge < -0.3 is 10.0 Å². The first-order valence-electron chi connectivity index (χ1n) is 17.5. The van der Waals surface area contributed by atoms with Gasteiger partial charge >= 0.3 is 0 Å². The van der Waals surface area contributed by atoms with Crippen LogP contribution in [0.25, 0.3) is 0 Å². The highest BCUT2D eigenvalue weighted by molar-refractivity contribution is 8.14. The van der Waals surface area contributed by atoms with Crippen molar-refractivity contribution in [2.75, 3.05) is 19.3 Å². The summed E-state index contributed by atoms with van der Waals surface area (Å²) in [5.74, 6) is 3.38. The van der Waals surface area contributed by atoms with Crippen molar-refractivity contribution < 1.29 is 9.90 Å². The first-order chi connectivity index (χ1) is 20.3. The molecule has 4 nitrogen and oxygen atoms in total. The predicted molar refractivity (Wildman–Crippen MR) is 178 cm³/mol. The number of fused-ring (bicyclic) bond motifs is 4. The second-order valence-corrected chi connectivity index (χ2v) is 18.0. The van der Waals surface area contributed by atoms with E-state index in [-0.39, 0.29) is 45.1 Å². The molecule has 11 atom stereocenters. The van der Waals surface area contributed by atoms with Gasteiger partial charge in [0.05, 0.1) is 17.2 Å². The molecule has 5 aliphatic carbocycles. The minimum atomic E-state index is -0.344. The Morgan fingerprint density at radius 1 is 1.05 bits per heavy atom. The average Bonchev–Trinajstić information content (AvgIpc) is 3.61. The van der Waals surface area contributed by atoms with Crippen molar-refractivity contribution in [2.24, 2.45) is 55.7 Å². The largest absolute Gasteiger partial charge is 0.393 e. The Morgan fingerprint density at radius 3 is 2.49 bits per heavy atom. The Bertz CT molecular complexity index is 1300. The zero-order valence-corrected chi connectivity index (χ0v) is 28.7. The topological polar surface area (TPSA) is 52.9 Å². The Labute approximate surface area is 265 Å². The molecule has 7 rings (SSSR count). The molecular formula is C38H56N2O2S. The van der Waals surface area contributed by atoms with Crippen LogP contribution in [0.15, 0.2) is 35.3 Å². The standard InChI is InChI=1S/C38H56N2O2S/c1-24(2)33-39-30-17-18-37-22-38(37)29(16-15-28(37)34(30,4)23-43-33)35(5)20-27(41)32(36(35,6)21-31(38)42)25(3)40(7)19-11-14-26-12-9-8-10-13-26/h8-10,12-13,24-25,27-30,32,41H,11,14-23H2,1-7H3/t25-,27+,28-,29-,30-,32-,34-,35-,36+,37+,38+/m0/s1. The number of aryl methyl sites for hydroxylation is 1. The second-order valence-electron chi connectivity index (χ2n) is 17.0. The summed E-state index contributed by atoms with van der Waals surface area (Å²) in [6, 6.07) is 11.4. The molecule has 0 amide bonds. The maximum atomic E-state index is 14.8. The van der Waals surface area contributed by atoms with Gasteiger partial charge in [-0.1, -0.05) is 65.0 Å². The highest BCUT2D eigenvalue weighted by atomic mass is 32.2. The Morgan fingerprint density at radius 2 is 1.77 bits per heavy atom. The normalized spacial score (nSPS) is 47.3. The molecule has 0 radical (unpaired) electrons. The molecule has 0 aromatic heterocycles. The van der Waals surface area contributed by atoms with E-state index in [1.54, 1.807) is 0 Å². The molecule has 43 heavy (non-hydrogen) atoms. The second kappa shape index (κ2) is 10.2. The van der Waals surface area contributed by atoms with E-state index in [0.29, 0.717) is 36.0 Å².